The maximum absolute atomic E-state index is 9.23. The molecule has 3 N–H and O–H groups in total. The van der Waals surface area contributed by atoms with Crippen LogP contribution in [0.15, 0.2) is 18.2 Å². The molecule has 15 heavy (non-hydrogen) atoms. The van der Waals surface area contributed by atoms with E-state index < -0.39 is 5.41 Å². The van der Waals surface area contributed by atoms with Crippen LogP contribution in [0.4, 0.5) is 0 Å². The van der Waals surface area contributed by atoms with Crippen LogP contribution in [0.2, 0.25) is 10.0 Å². The predicted octanol–water partition coefficient (Wildman–Crippen LogP) is 3.01. The lowest BCUT2D eigenvalue weighted by atomic mass is 9.82. The standard InChI is InChI=1S/C11H15Cl2NO/c1-11(2,6-15)10(14)8-5-7(12)3-4-9(8)13/h3-5,10,15H,6,14H2,1-2H3/t10-/m1/s1. The van der Waals surface area contributed by atoms with E-state index in [1.807, 2.05) is 13.8 Å². The van der Waals surface area contributed by atoms with E-state index in [2.05, 4.69) is 0 Å². The molecule has 0 aromatic heterocycles. The first-order valence-electron chi connectivity index (χ1n) is 4.70. The zero-order valence-electron chi connectivity index (χ0n) is 8.80. The number of rotatable bonds is 3. The lowest BCUT2D eigenvalue weighted by Gasteiger charge is -2.30. The number of hydrogen-bond donors (Lipinski definition) is 2. The van der Waals surface area contributed by atoms with Gasteiger partial charge >= 0.3 is 0 Å². The van der Waals surface area contributed by atoms with Crippen molar-refractivity contribution in [2.75, 3.05) is 6.61 Å². The van der Waals surface area contributed by atoms with Gasteiger partial charge in [0.1, 0.15) is 0 Å². The maximum Gasteiger partial charge on any atom is 0.0500 e. The minimum absolute atomic E-state index is 0.00297. The van der Waals surface area contributed by atoms with Gasteiger partial charge in [-0.15, -0.1) is 0 Å². The summed E-state index contributed by atoms with van der Waals surface area (Å²) in [7, 11) is 0. The summed E-state index contributed by atoms with van der Waals surface area (Å²) >= 11 is 11.9. The molecule has 0 radical (unpaired) electrons. The van der Waals surface area contributed by atoms with Gasteiger partial charge in [-0.3, -0.25) is 0 Å². The number of aliphatic hydroxyl groups excluding tert-OH is 1. The highest BCUT2D eigenvalue weighted by molar-refractivity contribution is 6.33. The summed E-state index contributed by atoms with van der Waals surface area (Å²) in [6.45, 7) is 3.76. The number of benzene rings is 1. The van der Waals surface area contributed by atoms with Crippen molar-refractivity contribution in [3.05, 3.63) is 33.8 Å². The Hall–Kier alpha value is -0.280. The SMILES string of the molecule is CC(C)(CO)[C@H](N)c1cc(Cl)ccc1Cl. The van der Waals surface area contributed by atoms with Crippen molar-refractivity contribution in [2.24, 2.45) is 11.1 Å². The zero-order valence-corrected chi connectivity index (χ0v) is 10.3. The number of halogens is 2. The molecule has 2 nitrogen and oxygen atoms in total. The summed E-state index contributed by atoms with van der Waals surface area (Å²) in [4.78, 5) is 0. The summed E-state index contributed by atoms with van der Waals surface area (Å²) in [5.74, 6) is 0. The number of nitrogens with two attached hydrogens (primary N) is 1. The van der Waals surface area contributed by atoms with Crippen molar-refractivity contribution in [1.29, 1.82) is 0 Å². The highest BCUT2D eigenvalue weighted by Crippen LogP contribution is 2.35. The molecule has 0 heterocycles. The predicted molar refractivity (Wildman–Crippen MR) is 64.3 cm³/mol. The maximum atomic E-state index is 9.23. The van der Waals surface area contributed by atoms with Crippen LogP contribution in [0.25, 0.3) is 0 Å². The van der Waals surface area contributed by atoms with Crippen molar-refractivity contribution < 1.29 is 5.11 Å². The molecule has 0 saturated heterocycles. The minimum atomic E-state index is -0.422. The third kappa shape index (κ3) is 2.85. The highest BCUT2D eigenvalue weighted by atomic mass is 35.5. The van der Waals surface area contributed by atoms with E-state index in [0.29, 0.717) is 10.0 Å². The van der Waals surface area contributed by atoms with E-state index in [4.69, 9.17) is 28.9 Å². The van der Waals surface area contributed by atoms with Crippen LogP contribution in [-0.4, -0.2) is 11.7 Å². The fourth-order valence-electron chi connectivity index (χ4n) is 1.27. The molecular formula is C11H15Cl2NO. The van der Waals surface area contributed by atoms with Crippen molar-refractivity contribution >= 4 is 23.2 Å². The molecule has 0 saturated carbocycles. The van der Waals surface area contributed by atoms with Crippen LogP contribution < -0.4 is 5.73 Å². The topological polar surface area (TPSA) is 46.2 Å². The normalized spacial score (nSPS) is 14.0. The van der Waals surface area contributed by atoms with Gasteiger partial charge in [-0.1, -0.05) is 37.0 Å². The van der Waals surface area contributed by atoms with E-state index in [1.54, 1.807) is 18.2 Å². The van der Waals surface area contributed by atoms with Gasteiger partial charge in [0.2, 0.25) is 0 Å². The van der Waals surface area contributed by atoms with E-state index in [9.17, 15) is 5.11 Å². The van der Waals surface area contributed by atoms with Crippen LogP contribution in [0.1, 0.15) is 25.5 Å². The monoisotopic (exact) mass is 247 g/mol. The average molecular weight is 248 g/mol. The van der Waals surface area contributed by atoms with Crippen molar-refractivity contribution in [3.63, 3.8) is 0 Å². The zero-order chi connectivity index (χ0) is 11.6. The Labute approximate surface area is 100.0 Å². The molecular weight excluding hydrogens is 233 g/mol. The van der Waals surface area contributed by atoms with Crippen LogP contribution in [0, 0.1) is 5.41 Å². The second-order valence-electron chi connectivity index (χ2n) is 4.29. The molecule has 0 fully saturated rings. The van der Waals surface area contributed by atoms with Crippen LogP contribution >= 0.6 is 23.2 Å². The van der Waals surface area contributed by atoms with Gasteiger partial charge in [0.05, 0.1) is 0 Å². The minimum Gasteiger partial charge on any atom is -0.396 e. The van der Waals surface area contributed by atoms with Gasteiger partial charge < -0.3 is 10.8 Å². The van der Waals surface area contributed by atoms with E-state index in [1.165, 1.54) is 0 Å². The van der Waals surface area contributed by atoms with Crippen molar-refractivity contribution in [3.8, 4) is 0 Å². The molecule has 0 bridgehead atoms. The summed E-state index contributed by atoms with van der Waals surface area (Å²) in [5, 5.41) is 10.4. The fraction of sp³-hybridized carbons (Fsp3) is 0.455. The molecule has 84 valence electrons. The molecule has 1 aromatic rings. The summed E-state index contributed by atoms with van der Waals surface area (Å²) < 4.78 is 0. The van der Waals surface area contributed by atoms with Crippen LogP contribution in [0.5, 0.6) is 0 Å². The van der Waals surface area contributed by atoms with Gasteiger partial charge in [0.25, 0.3) is 0 Å². The lowest BCUT2D eigenvalue weighted by molar-refractivity contribution is 0.132. The Morgan fingerprint density at radius 3 is 2.53 bits per heavy atom. The van der Waals surface area contributed by atoms with Crippen LogP contribution in [-0.2, 0) is 0 Å². The molecule has 0 spiro atoms. The van der Waals surface area contributed by atoms with E-state index >= 15 is 0 Å². The Morgan fingerprint density at radius 1 is 1.40 bits per heavy atom. The third-order valence-electron chi connectivity index (χ3n) is 2.54. The molecule has 0 amide bonds. The first-order chi connectivity index (χ1) is 6.88. The third-order valence-corrected chi connectivity index (χ3v) is 3.12. The Morgan fingerprint density at radius 2 is 2.00 bits per heavy atom. The first kappa shape index (κ1) is 12.8. The molecule has 0 aliphatic heterocycles. The van der Waals surface area contributed by atoms with Gasteiger partial charge in [-0.05, 0) is 23.8 Å². The molecule has 1 aromatic carbocycles. The molecule has 4 heteroatoms. The quantitative estimate of drug-likeness (QED) is 0.863. The van der Waals surface area contributed by atoms with E-state index in [0.717, 1.165) is 5.56 Å². The van der Waals surface area contributed by atoms with Crippen LogP contribution in [0.3, 0.4) is 0 Å². The van der Waals surface area contributed by atoms with Gasteiger partial charge in [0, 0.05) is 28.1 Å². The number of aliphatic hydroxyl groups is 1. The lowest BCUT2D eigenvalue weighted by Crippen LogP contribution is -2.32. The van der Waals surface area contributed by atoms with Crippen molar-refractivity contribution in [1.82, 2.24) is 0 Å². The highest BCUT2D eigenvalue weighted by Gasteiger charge is 2.28. The summed E-state index contributed by atoms with van der Waals surface area (Å²) in [5.41, 5.74) is 6.39. The molecule has 0 aliphatic carbocycles. The van der Waals surface area contributed by atoms with Gasteiger partial charge in [-0.25, -0.2) is 0 Å². The average Bonchev–Trinajstić information content (AvgIpc) is 2.20. The van der Waals surface area contributed by atoms with Gasteiger partial charge in [0.15, 0.2) is 0 Å². The summed E-state index contributed by atoms with van der Waals surface area (Å²) in [6.07, 6.45) is 0. The van der Waals surface area contributed by atoms with Crippen molar-refractivity contribution in [2.45, 2.75) is 19.9 Å². The Balaban J connectivity index is 3.10. The Kier molecular flexibility index (Phi) is 4.01. The molecule has 1 rings (SSSR count). The summed E-state index contributed by atoms with van der Waals surface area (Å²) in [6, 6.07) is 4.83. The molecule has 1 atom stereocenters. The van der Waals surface area contributed by atoms with E-state index in [-0.39, 0.29) is 12.6 Å². The fourth-order valence-corrected chi connectivity index (χ4v) is 1.69. The smallest absolute Gasteiger partial charge is 0.0500 e. The second kappa shape index (κ2) is 4.71. The largest absolute Gasteiger partial charge is 0.396 e. The number of hydrogen-bond acceptors (Lipinski definition) is 2. The molecule has 0 unspecified atom stereocenters. The Bertz CT molecular complexity index is 352. The second-order valence-corrected chi connectivity index (χ2v) is 5.13. The molecule has 0 aliphatic rings. The van der Waals surface area contributed by atoms with Gasteiger partial charge in [-0.2, -0.15) is 0 Å². The first-order valence-corrected chi connectivity index (χ1v) is 5.45.